The zero-order chi connectivity index (χ0) is 18.0. The number of hydrogen-bond donors (Lipinski definition) is 1. The molecule has 0 saturated heterocycles. The standard InChI is InChI=1S/C18H20N2O4S/c1-20(2)25(22,23)14-7-5-6-13(12-14)18(21)19-16-10-11-24-17-9-4-3-8-15(16)17/h3-9,12,16H,10-11H2,1-2H3,(H,19,21)/t16-/m1/s1. The zero-order valence-corrected chi connectivity index (χ0v) is 14.9. The molecule has 6 nitrogen and oxygen atoms in total. The summed E-state index contributed by atoms with van der Waals surface area (Å²) in [6.07, 6.45) is 0.665. The molecule has 2 aromatic carbocycles. The molecule has 2 aromatic rings. The number of para-hydroxylation sites is 1. The Bertz CT molecular complexity index is 893. The molecule has 1 aliphatic rings. The maximum absolute atomic E-state index is 12.6. The summed E-state index contributed by atoms with van der Waals surface area (Å²) in [6, 6.07) is 13.5. The van der Waals surface area contributed by atoms with Crippen molar-refractivity contribution < 1.29 is 17.9 Å². The lowest BCUT2D eigenvalue weighted by Crippen LogP contribution is -2.32. The average molecular weight is 360 g/mol. The van der Waals surface area contributed by atoms with E-state index < -0.39 is 10.0 Å². The van der Waals surface area contributed by atoms with E-state index in [1.807, 2.05) is 24.3 Å². The van der Waals surface area contributed by atoms with Gasteiger partial charge in [0.1, 0.15) is 5.75 Å². The van der Waals surface area contributed by atoms with Crippen LogP contribution in [-0.2, 0) is 10.0 Å². The smallest absolute Gasteiger partial charge is 0.251 e. The number of nitrogens with one attached hydrogen (secondary N) is 1. The highest BCUT2D eigenvalue weighted by Gasteiger charge is 2.24. The van der Waals surface area contributed by atoms with Gasteiger partial charge in [-0.25, -0.2) is 12.7 Å². The van der Waals surface area contributed by atoms with Gasteiger partial charge in [0.15, 0.2) is 0 Å². The minimum absolute atomic E-state index is 0.0949. The first kappa shape index (κ1) is 17.4. The molecule has 3 rings (SSSR count). The molecule has 1 aliphatic heterocycles. The van der Waals surface area contributed by atoms with Crippen LogP contribution in [0.4, 0.5) is 0 Å². The molecular formula is C18H20N2O4S. The third kappa shape index (κ3) is 3.52. The monoisotopic (exact) mass is 360 g/mol. The summed E-state index contributed by atoms with van der Waals surface area (Å²) in [6.45, 7) is 0.525. The molecule has 1 atom stereocenters. The number of benzene rings is 2. The van der Waals surface area contributed by atoms with Gasteiger partial charge in [0.05, 0.1) is 17.5 Å². The summed E-state index contributed by atoms with van der Waals surface area (Å²) in [4.78, 5) is 12.7. The fourth-order valence-electron chi connectivity index (χ4n) is 2.74. The number of nitrogens with zero attached hydrogens (tertiary/aromatic N) is 1. The summed E-state index contributed by atoms with van der Waals surface area (Å²) in [5.74, 6) is 0.459. The number of hydrogen-bond acceptors (Lipinski definition) is 4. The van der Waals surface area contributed by atoms with Crippen molar-refractivity contribution in [2.24, 2.45) is 0 Å². The van der Waals surface area contributed by atoms with Crippen molar-refractivity contribution >= 4 is 15.9 Å². The van der Waals surface area contributed by atoms with Crippen molar-refractivity contribution in [3.8, 4) is 5.75 Å². The molecular weight excluding hydrogens is 340 g/mol. The SMILES string of the molecule is CN(C)S(=O)(=O)c1cccc(C(=O)N[C@@H]2CCOc3ccccc32)c1. The van der Waals surface area contributed by atoms with Gasteiger partial charge in [-0.1, -0.05) is 24.3 Å². The zero-order valence-electron chi connectivity index (χ0n) is 14.1. The van der Waals surface area contributed by atoms with Gasteiger partial charge in [0, 0.05) is 31.6 Å². The molecule has 1 heterocycles. The quantitative estimate of drug-likeness (QED) is 0.907. The maximum atomic E-state index is 12.6. The lowest BCUT2D eigenvalue weighted by atomic mass is 10.00. The van der Waals surface area contributed by atoms with Crippen LogP contribution in [0.3, 0.4) is 0 Å². The van der Waals surface area contributed by atoms with Crippen LogP contribution >= 0.6 is 0 Å². The molecule has 0 aromatic heterocycles. The number of rotatable bonds is 4. The van der Waals surface area contributed by atoms with Crippen LogP contribution in [0.15, 0.2) is 53.4 Å². The Morgan fingerprint density at radius 2 is 1.92 bits per heavy atom. The second kappa shape index (κ2) is 6.85. The van der Waals surface area contributed by atoms with E-state index >= 15 is 0 Å². The Balaban J connectivity index is 1.84. The van der Waals surface area contributed by atoms with E-state index in [0.717, 1.165) is 15.6 Å². The van der Waals surface area contributed by atoms with E-state index in [9.17, 15) is 13.2 Å². The van der Waals surface area contributed by atoms with Crippen LogP contribution in [0, 0.1) is 0 Å². The molecule has 0 fully saturated rings. The predicted octanol–water partition coefficient (Wildman–Crippen LogP) is 2.19. The first-order valence-corrected chi connectivity index (χ1v) is 9.39. The summed E-state index contributed by atoms with van der Waals surface area (Å²) in [5, 5.41) is 2.97. The lowest BCUT2D eigenvalue weighted by molar-refractivity contribution is 0.0924. The Morgan fingerprint density at radius 1 is 1.16 bits per heavy atom. The number of carbonyl (C=O) groups excluding carboxylic acids is 1. The van der Waals surface area contributed by atoms with Gasteiger partial charge < -0.3 is 10.1 Å². The number of sulfonamides is 1. The summed E-state index contributed by atoms with van der Waals surface area (Å²) < 4.78 is 31.2. The Morgan fingerprint density at radius 3 is 2.68 bits per heavy atom. The van der Waals surface area contributed by atoms with Gasteiger partial charge >= 0.3 is 0 Å². The number of carbonyl (C=O) groups is 1. The molecule has 25 heavy (non-hydrogen) atoms. The van der Waals surface area contributed by atoms with Crippen LogP contribution in [-0.4, -0.2) is 39.3 Å². The molecule has 0 bridgehead atoms. The van der Waals surface area contributed by atoms with Gasteiger partial charge in [-0.15, -0.1) is 0 Å². The highest BCUT2D eigenvalue weighted by atomic mass is 32.2. The number of ether oxygens (including phenoxy) is 1. The van der Waals surface area contributed by atoms with Gasteiger partial charge in [-0.05, 0) is 24.3 Å². The fourth-order valence-corrected chi connectivity index (χ4v) is 3.69. The van der Waals surface area contributed by atoms with E-state index in [0.29, 0.717) is 18.6 Å². The minimum atomic E-state index is -3.58. The summed E-state index contributed by atoms with van der Waals surface area (Å²) in [7, 11) is -0.663. The highest BCUT2D eigenvalue weighted by molar-refractivity contribution is 7.89. The third-order valence-corrected chi connectivity index (χ3v) is 5.95. The van der Waals surface area contributed by atoms with E-state index in [-0.39, 0.29) is 16.8 Å². The Labute approximate surface area is 147 Å². The van der Waals surface area contributed by atoms with Crippen molar-refractivity contribution in [2.75, 3.05) is 20.7 Å². The van der Waals surface area contributed by atoms with Crippen molar-refractivity contribution in [1.29, 1.82) is 0 Å². The largest absolute Gasteiger partial charge is 0.493 e. The van der Waals surface area contributed by atoms with Crippen molar-refractivity contribution in [3.05, 3.63) is 59.7 Å². The topological polar surface area (TPSA) is 75.7 Å². The van der Waals surface area contributed by atoms with Gasteiger partial charge in [-0.2, -0.15) is 0 Å². The van der Waals surface area contributed by atoms with E-state index in [4.69, 9.17) is 4.74 Å². The van der Waals surface area contributed by atoms with Crippen LogP contribution in [0.25, 0.3) is 0 Å². The van der Waals surface area contributed by atoms with Crippen molar-refractivity contribution in [3.63, 3.8) is 0 Å². The first-order chi connectivity index (χ1) is 11.9. The van der Waals surface area contributed by atoms with Gasteiger partial charge in [0.25, 0.3) is 5.91 Å². The fraction of sp³-hybridized carbons (Fsp3) is 0.278. The molecule has 132 valence electrons. The second-order valence-corrected chi connectivity index (χ2v) is 8.17. The molecule has 0 aliphatic carbocycles. The number of fused-ring (bicyclic) bond motifs is 1. The van der Waals surface area contributed by atoms with Gasteiger partial charge in [0.2, 0.25) is 10.0 Å². The van der Waals surface area contributed by atoms with Crippen LogP contribution in [0.2, 0.25) is 0 Å². The Kier molecular flexibility index (Phi) is 4.78. The minimum Gasteiger partial charge on any atom is -0.493 e. The molecule has 1 amide bonds. The first-order valence-electron chi connectivity index (χ1n) is 7.95. The summed E-state index contributed by atoms with van der Waals surface area (Å²) in [5.41, 5.74) is 1.24. The Hall–Kier alpha value is -2.38. The van der Waals surface area contributed by atoms with E-state index in [1.165, 1.54) is 26.2 Å². The predicted molar refractivity (Wildman–Crippen MR) is 94.1 cm³/mol. The highest BCUT2D eigenvalue weighted by Crippen LogP contribution is 2.31. The molecule has 1 N–H and O–H groups in total. The third-order valence-electron chi connectivity index (χ3n) is 4.14. The second-order valence-electron chi connectivity index (χ2n) is 6.02. The molecule has 0 saturated carbocycles. The average Bonchev–Trinajstić information content (AvgIpc) is 2.62. The van der Waals surface area contributed by atoms with Crippen LogP contribution in [0.1, 0.15) is 28.4 Å². The van der Waals surface area contributed by atoms with Crippen molar-refractivity contribution in [2.45, 2.75) is 17.4 Å². The molecule has 0 unspecified atom stereocenters. The summed E-state index contributed by atoms with van der Waals surface area (Å²) >= 11 is 0. The molecule has 7 heteroatoms. The van der Waals surface area contributed by atoms with E-state index in [1.54, 1.807) is 12.1 Å². The lowest BCUT2D eigenvalue weighted by Gasteiger charge is -2.26. The molecule has 0 spiro atoms. The van der Waals surface area contributed by atoms with E-state index in [2.05, 4.69) is 5.32 Å². The van der Waals surface area contributed by atoms with Crippen molar-refractivity contribution in [1.82, 2.24) is 9.62 Å². The normalized spacial score (nSPS) is 16.8. The molecule has 0 radical (unpaired) electrons. The number of amides is 1. The van der Waals surface area contributed by atoms with Crippen LogP contribution < -0.4 is 10.1 Å². The van der Waals surface area contributed by atoms with Crippen LogP contribution in [0.5, 0.6) is 5.75 Å². The maximum Gasteiger partial charge on any atom is 0.251 e. The van der Waals surface area contributed by atoms with Gasteiger partial charge in [-0.3, -0.25) is 4.79 Å².